The molecule has 0 saturated heterocycles. The number of benzene rings is 1. The molecule has 0 aromatic heterocycles. The van der Waals surface area contributed by atoms with Crippen LogP contribution in [-0.2, 0) is 4.79 Å². The molecule has 1 N–H and O–H groups in total. The molecule has 0 aliphatic heterocycles. The minimum atomic E-state index is -0.660. The Bertz CT molecular complexity index is 335. The molecule has 0 amide bonds. The average Bonchev–Trinajstić information content (AvgIpc) is 2.28. The summed E-state index contributed by atoms with van der Waals surface area (Å²) in [6.07, 6.45) is 1.51. The first-order valence-corrected chi connectivity index (χ1v) is 6.98. The van der Waals surface area contributed by atoms with Gasteiger partial charge in [-0.05, 0) is 36.6 Å². The Kier molecular flexibility index (Phi) is 6.12. The van der Waals surface area contributed by atoms with Crippen LogP contribution >= 0.6 is 11.8 Å². The Labute approximate surface area is 107 Å². The third-order valence-corrected chi connectivity index (χ3v) is 3.63. The summed E-state index contributed by atoms with van der Waals surface area (Å²) in [5.74, 6) is 0.449. The zero-order chi connectivity index (χ0) is 12.7. The highest BCUT2D eigenvalue weighted by molar-refractivity contribution is 7.99. The van der Waals surface area contributed by atoms with Crippen LogP contribution in [0.5, 0.6) is 0 Å². The summed E-state index contributed by atoms with van der Waals surface area (Å²) in [5.41, 5.74) is 0. The van der Waals surface area contributed by atoms with E-state index < -0.39 is 5.97 Å². The van der Waals surface area contributed by atoms with E-state index in [1.165, 1.54) is 4.90 Å². The van der Waals surface area contributed by atoms with Crippen molar-refractivity contribution in [3.8, 4) is 0 Å². The molecule has 1 aromatic carbocycles. The number of thioether (sulfide) groups is 1. The molecule has 0 spiro atoms. The molecule has 0 bridgehead atoms. The van der Waals surface area contributed by atoms with Gasteiger partial charge >= 0.3 is 5.97 Å². The molecule has 1 unspecified atom stereocenters. The molecule has 0 fully saturated rings. The van der Waals surface area contributed by atoms with E-state index in [1.54, 1.807) is 11.8 Å². The summed E-state index contributed by atoms with van der Waals surface area (Å²) in [6, 6.07) is 10.1. The number of carbonyl (C=O) groups is 1. The van der Waals surface area contributed by atoms with Crippen molar-refractivity contribution in [3.05, 3.63) is 30.3 Å². The van der Waals surface area contributed by atoms with Crippen LogP contribution in [0.15, 0.2) is 35.2 Å². The zero-order valence-corrected chi connectivity index (χ0v) is 11.2. The smallest absolute Gasteiger partial charge is 0.306 e. The first kappa shape index (κ1) is 14.1. The lowest BCUT2D eigenvalue weighted by molar-refractivity contribution is -0.142. The second-order valence-electron chi connectivity index (χ2n) is 4.61. The molecule has 2 nitrogen and oxygen atoms in total. The van der Waals surface area contributed by atoms with Crippen LogP contribution in [0.3, 0.4) is 0 Å². The van der Waals surface area contributed by atoms with Gasteiger partial charge < -0.3 is 5.11 Å². The van der Waals surface area contributed by atoms with Crippen molar-refractivity contribution < 1.29 is 9.90 Å². The van der Waals surface area contributed by atoms with E-state index >= 15 is 0 Å². The maximum absolute atomic E-state index is 11.1. The van der Waals surface area contributed by atoms with Crippen molar-refractivity contribution in [2.45, 2.75) is 31.6 Å². The maximum atomic E-state index is 11.1. The Morgan fingerprint density at radius 2 is 1.94 bits per heavy atom. The van der Waals surface area contributed by atoms with Gasteiger partial charge in [0.25, 0.3) is 0 Å². The van der Waals surface area contributed by atoms with Gasteiger partial charge in [0.15, 0.2) is 0 Å². The number of carboxylic acids is 1. The monoisotopic (exact) mass is 252 g/mol. The topological polar surface area (TPSA) is 37.3 Å². The van der Waals surface area contributed by atoms with Crippen LogP contribution in [0, 0.1) is 11.8 Å². The summed E-state index contributed by atoms with van der Waals surface area (Å²) < 4.78 is 0. The van der Waals surface area contributed by atoms with E-state index in [-0.39, 0.29) is 5.92 Å². The Morgan fingerprint density at radius 3 is 2.47 bits per heavy atom. The van der Waals surface area contributed by atoms with Gasteiger partial charge in [-0.2, -0.15) is 0 Å². The van der Waals surface area contributed by atoms with Crippen molar-refractivity contribution in [2.75, 3.05) is 5.75 Å². The summed E-state index contributed by atoms with van der Waals surface area (Å²) in [5, 5.41) is 9.11. The van der Waals surface area contributed by atoms with E-state index in [1.807, 2.05) is 18.2 Å². The molecule has 3 heteroatoms. The SMILES string of the molecule is CC(C)CC(CCSc1ccccc1)C(=O)O. The zero-order valence-electron chi connectivity index (χ0n) is 10.4. The first-order chi connectivity index (χ1) is 8.09. The highest BCUT2D eigenvalue weighted by atomic mass is 32.2. The number of rotatable bonds is 7. The van der Waals surface area contributed by atoms with Gasteiger partial charge in [0, 0.05) is 4.90 Å². The average molecular weight is 252 g/mol. The third-order valence-electron chi connectivity index (χ3n) is 2.58. The van der Waals surface area contributed by atoms with Gasteiger partial charge in [0.05, 0.1) is 5.92 Å². The lowest BCUT2D eigenvalue weighted by Gasteiger charge is -2.14. The molecular formula is C14H20O2S. The van der Waals surface area contributed by atoms with Gasteiger partial charge in [-0.1, -0.05) is 32.0 Å². The fourth-order valence-corrected chi connectivity index (χ4v) is 2.73. The van der Waals surface area contributed by atoms with Crippen molar-refractivity contribution in [2.24, 2.45) is 11.8 Å². The van der Waals surface area contributed by atoms with Gasteiger partial charge in [-0.25, -0.2) is 0 Å². The predicted molar refractivity (Wildman–Crippen MR) is 72.4 cm³/mol. The number of aliphatic carboxylic acids is 1. The van der Waals surface area contributed by atoms with Crippen LogP contribution in [0.2, 0.25) is 0 Å². The lowest BCUT2D eigenvalue weighted by Crippen LogP contribution is -2.16. The largest absolute Gasteiger partial charge is 0.481 e. The molecule has 17 heavy (non-hydrogen) atoms. The Hall–Kier alpha value is -0.960. The van der Waals surface area contributed by atoms with Crippen LogP contribution in [0.4, 0.5) is 0 Å². The van der Waals surface area contributed by atoms with Crippen molar-refractivity contribution >= 4 is 17.7 Å². The molecule has 0 saturated carbocycles. The van der Waals surface area contributed by atoms with Crippen LogP contribution in [0.1, 0.15) is 26.7 Å². The highest BCUT2D eigenvalue weighted by Crippen LogP contribution is 2.23. The normalized spacial score (nSPS) is 12.6. The van der Waals surface area contributed by atoms with Crippen LogP contribution < -0.4 is 0 Å². The quantitative estimate of drug-likeness (QED) is 0.747. The molecule has 94 valence electrons. The number of carboxylic acid groups (broad SMARTS) is 1. The van der Waals surface area contributed by atoms with E-state index in [9.17, 15) is 4.79 Å². The lowest BCUT2D eigenvalue weighted by atomic mass is 9.95. The van der Waals surface area contributed by atoms with Crippen LogP contribution in [-0.4, -0.2) is 16.8 Å². The summed E-state index contributed by atoms with van der Waals surface area (Å²) in [7, 11) is 0. The number of hydrogen-bond acceptors (Lipinski definition) is 2. The molecule has 0 radical (unpaired) electrons. The maximum Gasteiger partial charge on any atom is 0.306 e. The summed E-state index contributed by atoms with van der Waals surface area (Å²) >= 11 is 1.73. The van der Waals surface area contributed by atoms with Gasteiger partial charge in [-0.3, -0.25) is 4.79 Å². The second kappa shape index (κ2) is 7.38. The van der Waals surface area contributed by atoms with Crippen molar-refractivity contribution in [3.63, 3.8) is 0 Å². The standard InChI is InChI=1S/C14H20O2S/c1-11(2)10-12(14(15)16)8-9-17-13-6-4-3-5-7-13/h3-7,11-12H,8-10H2,1-2H3,(H,15,16). The van der Waals surface area contributed by atoms with E-state index in [4.69, 9.17) is 5.11 Å². The first-order valence-electron chi connectivity index (χ1n) is 6.00. The predicted octanol–water partition coefficient (Wildman–Crippen LogP) is 3.92. The molecule has 1 rings (SSSR count). The summed E-state index contributed by atoms with van der Waals surface area (Å²) in [6.45, 7) is 4.14. The number of hydrogen-bond donors (Lipinski definition) is 1. The minimum absolute atomic E-state index is 0.203. The van der Waals surface area contributed by atoms with Crippen molar-refractivity contribution in [1.82, 2.24) is 0 Å². The molecule has 1 atom stereocenters. The fraction of sp³-hybridized carbons (Fsp3) is 0.500. The third kappa shape index (κ3) is 5.78. The van der Waals surface area contributed by atoms with E-state index in [0.29, 0.717) is 5.92 Å². The van der Waals surface area contributed by atoms with Gasteiger partial charge in [0.2, 0.25) is 0 Å². The molecule has 1 aromatic rings. The molecule has 0 aliphatic rings. The Morgan fingerprint density at radius 1 is 1.29 bits per heavy atom. The van der Waals surface area contributed by atoms with Gasteiger partial charge in [-0.15, -0.1) is 11.8 Å². The summed E-state index contributed by atoms with van der Waals surface area (Å²) in [4.78, 5) is 12.3. The molecule has 0 aliphatic carbocycles. The molecule has 0 heterocycles. The van der Waals surface area contributed by atoms with Crippen LogP contribution in [0.25, 0.3) is 0 Å². The molecular weight excluding hydrogens is 232 g/mol. The van der Waals surface area contributed by atoms with Crippen molar-refractivity contribution in [1.29, 1.82) is 0 Å². The fourth-order valence-electron chi connectivity index (χ4n) is 1.75. The highest BCUT2D eigenvalue weighted by Gasteiger charge is 2.18. The van der Waals surface area contributed by atoms with E-state index in [2.05, 4.69) is 26.0 Å². The van der Waals surface area contributed by atoms with Gasteiger partial charge in [0.1, 0.15) is 0 Å². The van der Waals surface area contributed by atoms with E-state index in [0.717, 1.165) is 18.6 Å². The Balaban J connectivity index is 2.35. The minimum Gasteiger partial charge on any atom is -0.481 e. The second-order valence-corrected chi connectivity index (χ2v) is 5.78.